The second kappa shape index (κ2) is 8.61. The molecular formula is C14H12F16O2. The van der Waals surface area contributed by atoms with Crippen LogP contribution in [0, 0.1) is 11.8 Å². The van der Waals surface area contributed by atoms with Gasteiger partial charge in [0.2, 0.25) is 0 Å². The van der Waals surface area contributed by atoms with Crippen LogP contribution in [0.1, 0.15) is 20.3 Å². The summed E-state index contributed by atoms with van der Waals surface area (Å²) in [5.41, 5.74) is 0. The van der Waals surface area contributed by atoms with Crippen LogP contribution in [0.3, 0.4) is 0 Å². The van der Waals surface area contributed by atoms with Crippen molar-refractivity contribution in [2.45, 2.75) is 62.2 Å². The van der Waals surface area contributed by atoms with E-state index in [0.29, 0.717) is 0 Å². The minimum atomic E-state index is -8.25. The third-order valence-corrected chi connectivity index (χ3v) is 3.70. The molecule has 0 spiro atoms. The molecule has 0 aromatic heterocycles. The summed E-state index contributed by atoms with van der Waals surface area (Å²) in [5, 5.41) is 0. The summed E-state index contributed by atoms with van der Waals surface area (Å²) >= 11 is 0. The van der Waals surface area contributed by atoms with Crippen LogP contribution >= 0.6 is 0 Å². The number of ether oxygens (including phenoxy) is 1. The van der Waals surface area contributed by atoms with Gasteiger partial charge in [-0.3, -0.25) is 4.79 Å². The van der Waals surface area contributed by atoms with E-state index in [0.717, 1.165) is 0 Å². The van der Waals surface area contributed by atoms with E-state index in [1.165, 1.54) is 13.8 Å². The lowest BCUT2D eigenvalue weighted by molar-refractivity contribution is -0.441. The lowest BCUT2D eigenvalue weighted by Crippen LogP contribution is -2.70. The summed E-state index contributed by atoms with van der Waals surface area (Å²) in [6.45, 7) is 1.46. The molecule has 1 unspecified atom stereocenters. The van der Waals surface area contributed by atoms with Crippen molar-refractivity contribution in [1.29, 1.82) is 0 Å². The standard InChI is InChI=1S/C14H12F16O2/c1-5(2)4-32-7(31)6(9(17,18)19)3-8(15,16)10(20,21)11(22,23)12(24,25)13(26,27)14(28,29)30/h5-6H,3-4H2,1-2H3. The van der Waals surface area contributed by atoms with Gasteiger partial charge in [-0.25, -0.2) is 0 Å². The van der Waals surface area contributed by atoms with Crippen LogP contribution in [0.4, 0.5) is 70.2 Å². The van der Waals surface area contributed by atoms with Gasteiger partial charge in [0.05, 0.1) is 6.61 Å². The minimum absolute atomic E-state index is 0.762. The minimum Gasteiger partial charge on any atom is -0.465 e. The molecule has 2 nitrogen and oxygen atoms in total. The molecule has 0 bridgehead atoms. The van der Waals surface area contributed by atoms with Crippen molar-refractivity contribution in [2.75, 3.05) is 6.61 Å². The Kier molecular flexibility index (Phi) is 8.16. The Morgan fingerprint density at radius 2 is 1.03 bits per heavy atom. The highest BCUT2D eigenvalue weighted by molar-refractivity contribution is 5.73. The summed E-state index contributed by atoms with van der Waals surface area (Å²) in [6, 6.07) is 0. The van der Waals surface area contributed by atoms with Crippen molar-refractivity contribution in [2.24, 2.45) is 11.8 Å². The maximum absolute atomic E-state index is 13.7. The summed E-state index contributed by atoms with van der Waals surface area (Å²) in [7, 11) is 0. The Balaban J connectivity index is 6.32. The zero-order valence-electron chi connectivity index (χ0n) is 15.4. The third kappa shape index (κ3) is 5.28. The van der Waals surface area contributed by atoms with E-state index in [1.807, 2.05) is 0 Å². The van der Waals surface area contributed by atoms with E-state index in [-0.39, 0.29) is 0 Å². The lowest BCUT2D eigenvalue weighted by atomic mass is 9.89. The predicted octanol–water partition coefficient (Wildman–Crippen LogP) is 6.49. The highest BCUT2D eigenvalue weighted by Gasteiger charge is 2.90. The van der Waals surface area contributed by atoms with Crippen LogP contribution in [0.2, 0.25) is 0 Å². The Morgan fingerprint density at radius 1 is 0.656 bits per heavy atom. The summed E-state index contributed by atoms with van der Waals surface area (Å²) in [5.74, 6) is -47.4. The molecule has 192 valence electrons. The van der Waals surface area contributed by atoms with Crippen LogP contribution in [0.5, 0.6) is 0 Å². The molecule has 0 aliphatic carbocycles. The number of esters is 1. The second-order valence-electron chi connectivity index (χ2n) is 6.82. The smallest absolute Gasteiger partial charge is 0.460 e. The molecule has 0 aromatic rings. The van der Waals surface area contributed by atoms with E-state index in [9.17, 15) is 75.0 Å². The SMILES string of the molecule is CC(C)COC(=O)C(CC(F)(F)C(F)(F)C(F)(F)C(F)(F)C(F)(F)C(F)(F)F)C(F)(F)F. The van der Waals surface area contributed by atoms with Gasteiger partial charge in [0.15, 0.2) is 5.92 Å². The Bertz CT molecular complexity index is 661. The number of carbonyl (C=O) groups excluding carboxylic acids is 1. The number of halogens is 16. The number of hydrogen-bond donors (Lipinski definition) is 0. The predicted molar refractivity (Wildman–Crippen MR) is 70.7 cm³/mol. The van der Waals surface area contributed by atoms with Crippen LogP contribution < -0.4 is 0 Å². The van der Waals surface area contributed by atoms with E-state index < -0.39 is 72.8 Å². The molecule has 0 saturated carbocycles. The molecule has 0 aromatic carbocycles. The van der Waals surface area contributed by atoms with Gasteiger partial charge in [0.25, 0.3) is 0 Å². The Hall–Kier alpha value is -1.65. The van der Waals surface area contributed by atoms with Gasteiger partial charge in [-0.2, -0.15) is 70.2 Å². The van der Waals surface area contributed by atoms with Crippen molar-refractivity contribution in [3.63, 3.8) is 0 Å². The third-order valence-electron chi connectivity index (χ3n) is 3.70. The van der Waals surface area contributed by atoms with Crippen LogP contribution in [-0.4, -0.2) is 54.5 Å². The van der Waals surface area contributed by atoms with Gasteiger partial charge in [-0.15, -0.1) is 0 Å². The van der Waals surface area contributed by atoms with Gasteiger partial charge >= 0.3 is 47.9 Å². The monoisotopic (exact) mass is 516 g/mol. The zero-order chi connectivity index (χ0) is 26.4. The van der Waals surface area contributed by atoms with Crippen molar-refractivity contribution in [3.8, 4) is 0 Å². The number of hydrogen-bond acceptors (Lipinski definition) is 2. The average molecular weight is 516 g/mol. The quantitative estimate of drug-likeness (QED) is 0.259. The van der Waals surface area contributed by atoms with Crippen LogP contribution in [0.15, 0.2) is 0 Å². The van der Waals surface area contributed by atoms with E-state index in [4.69, 9.17) is 0 Å². The zero-order valence-corrected chi connectivity index (χ0v) is 15.4. The molecule has 0 rings (SSSR count). The topological polar surface area (TPSA) is 26.3 Å². The maximum atomic E-state index is 13.7. The van der Waals surface area contributed by atoms with Gasteiger partial charge in [0.1, 0.15) is 0 Å². The fourth-order valence-corrected chi connectivity index (χ4v) is 1.87. The average Bonchev–Trinajstić information content (AvgIpc) is 2.54. The first kappa shape index (κ1) is 30.3. The first-order valence-electron chi connectivity index (χ1n) is 7.87. The second-order valence-corrected chi connectivity index (χ2v) is 6.82. The van der Waals surface area contributed by atoms with Crippen LogP contribution in [0.25, 0.3) is 0 Å². The largest absolute Gasteiger partial charge is 0.465 e. The normalized spacial score (nSPS) is 16.3. The number of carbonyl (C=O) groups is 1. The fraction of sp³-hybridized carbons (Fsp3) is 0.929. The molecule has 0 heterocycles. The van der Waals surface area contributed by atoms with E-state index in [1.54, 1.807) is 0 Å². The molecule has 0 N–H and O–H groups in total. The number of rotatable bonds is 9. The summed E-state index contributed by atoms with van der Waals surface area (Å²) in [6.07, 6.45) is -17.6. The highest BCUT2D eigenvalue weighted by Crippen LogP contribution is 2.61. The van der Waals surface area contributed by atoms with Crippen molar-refractivity contribution in [1.82, 2.24) is 0 Å². The molecule has 0 fully saturated rings. The van der Waals surface area contributed by atoms with Crippen molar-refractivity contribution in [3.05, 3.63) is 0 Å². The van der Waals surface area contributed by atoms with E-state index in [2.05, 4.69) is 4.74 Å². The van der Waals surface area contributed by atoms with Crippen LogP contribution in [-0.2, 0) is 9.53 Å². The molecule has 18 heteroatoms. The maximum Gasteiger partial charge on any atom is 0.460 e. The van der Waals surface area contributed by atoms with E-state index >= 15 is 0 Å². The fourth-order valence-electron chi connectivity index (χ4n) is 1.87. The molecule has 1 atom stereocenters. The van der Waals surface area contributed by atoms with Crippen molar-refractivity contribution >= 4 is 5.97 Å². The Labute approximate surface area is 167 Å². The van der Waals surface area contributed by atoms with Gasteiger partial charge in [-0.05, 0) is 5.92 Å². The molecule has 0 amide bonds. The van der Waals surface area contributed by atoms with Crippen molar-refractivity contribution < 1.29 is 79.8 Å². The number of alkyl halides is 16. The summed E-state index contributed by atoms with van der Waals surface area (Å²) < 4.78 is 211. The first-order chi connectivity index (χ1) is 13.7. The Morgan fingerprint density at radius 3 is 1.34 bits per heavy atom. The highest BCUT2D eigenvalue weighted by atomic mass is 19.4. The van der Waals surface area contributed by atoms with Gasteiger partial charge in [0, 0.05) is 6.42 Å². The molecule has 0 aliphatic heterocycles. The molecule has 0 aliphatic rings. The molecule has 32 heavy (non-hydrogen) atoms. The summed E-state index contributed by atoms with van der Waals surface area (Å²) in [4.78, 5) is 11.3. The molecular weight excluding hydrogens is 504 g/mol. The molecule has 0 radical (unpaired) electrons. The lowest BCUT2D eigenvalue weighted by Gasteiger charge is -2.40. The van der Waals surface area contributed by atoms with Gasteiger partial charge < -0.3 is 4.74 Å². The molecule has 0 saturated heterocycles. The first-order valence-corrected chi connectivity index (χ1v) is 7.87. The van der Waals surface area contributed by atoms with Gasteiger partial charge in [-0.1, -0.05) is 13.8 Å².